The lowest BCUT2D eigenvalue weighted by Gasteiger charge is -2.15. The van der Waals surface area contributed by atoms with E-state index in [0.29, 0.717) is 6.04 Å². The van der Waals surface area contributed by atoms with Crippen LogP contribution >= 0.6 is 11.3 Å². The highest BCUT2D eigenvalue weighted by atomic mass is 32.1. The molecule has 0 spiro atoms. The summed E-state index contributed by atoms with van der Waals surface area (Å²) in [4.78, 5) is 0. The maximum absolute atomic E-state index is 4.48. The fourth-order valence-corrected chi connectivity index (χ4v) is 3.13. The summed E-state index contributed by atoms with van der Waals surface area (Å²) in [5.41, 5.74) is 5.23. The van der Waals surface area contributed by atoms with E-state index in [1.165, 1.54) is 16.8 Å². The van der Waals surface area contributed by atoms with Gasteiger partial charge in [0.1, 0.15) is 0 Å². The highest BCUT2D eigenvalue weighted by Gasteiger charge is 2.14. The molecule has 98 valence electrons. The molecular formula is C14H21N3S. The van der Waals surface area contributed by atoms with Crippen LogP contribution in [0.4, 0.5) is 0 Å². The molecule has 2 rings (SSSR count). The van der Waals surface area contributed by atoms with Crippen molar-refractivity contribution >= 4 is 11.3 Å². The minimum Gasteiger partial charge on any atom is -0.313 e. The van der Waals surface area contributed by atoms with Crippen LogP contribution in [0.1, 0.15) is 35.0 Å². The van der Waals surface area contributed by atoms with Gasteiger partial charge in [0.15, 0.2) is 0 Å². The molecule has 18 heavy (non-hydrogen) atoms. The van der Waals surface area contributed by atoms with Gasteiger partial charge < -0.3 is 5.32 Å². The van der Waals surface area contributed by atoms with Gasteiger partial charge in [0.05, 0.1) is 5.69 Å². The number of aromatic nitrogens is 2. The van der Waals surface area contributed by atoms with Crippen LogP contribution < -0.4 is 5.32 Å². The largest absolute Gasteiger partial charge is 0.313 e. The molecule has 4 heteroatoms. The van der Waals surface area contributed by atoms with Gasteiger partial charge in [-0.25, -0.2) is 0 Å². The summed E-state index contributed by atoms with van der Waals surface area (Å²) in [5.74, 6) is 0. The quantitative estimate of drug-likeness (QED) is 0.898. The average Bonchev–Trinajstić information content (AvgIpc) is 2.94. The van der Waals surface area contributed by atoms with Crippen LogP contribution in [0, 0.1) is 13.8 Å². The van der Waals surface area contributed by atoms with Gasteiger partial charge in [0.25, 0.3) is 0 Å². The molecule has 0 aliphatic heterocycles. The van der Waals surface area contributed by atoms with Crippen molar-refractivity contribution in [3.8, 4) is 0 Å². The molecule has 0 aliphatic rings. The topological polar surface area (TPSA) is 29.9 Å². The molecule has 1 atom stereocenters. The molecule has 1 unspecified atom stereocenters. The van der Waals surface area contributed by atoms with Crippen molar-refractivity contribution in [1.29, 1.82) is 0 Å². The maximum Gasteiger partial charge on any atom is 0.0628 e. The van der Waals surface area contributed by atoms with Crippen molar-refractivity contribution in [2.75, 3.05) is 7.05 Å². The van der Waals surface area contributed by atoms with Crippen LogP contribution in [-0.4, -0.2) is 16.8 Å². The fraction of sp³-hybridized carbons (Fsp3) is 0.500. The molecule has 2 aromatic heterocycles. The second kappa shape index (κ2) is 5.67. The standard InChI is InChI=1S/C14H21N3S/c1-10-13(11(2)17(4)16-10)5-6-14(15-3)12-7-8-18-9-12/h7-9,14-15H,5-6H2,1-4H3. The molecule has 0 amide bonds. The van der Waals surface area contributed by atoms with Crippen molar-refractivity contribution in [3.05, 3.63) is 39.3 Å². The molecule has 0 aromatic carbocycles. The Hall–Kier alpha value is -1.13. The zero-order valence-electron chi connectivity index (χ0n) is 11.5. The molecular weight excluding hydrogens is 242 g/mol. The smallest absolute Gasteiger partial charge is 0.0628 e. The molecule has 0 bridgehead atoms. The first-order valence-corrected chi connectivity index (χ1v) is 7.26. The van der Waals surface area contributed by atoms with Gasteiger partial charge in [-0.2, -0.15) is 16.4 Å². The third kappa shape index (κ3) is 2.65. The molecule has 0 radical (unpaired) electrons. The molecule has 0 fully saturated rings. The molecule has 2 heterocycles. The number of thiophene rings is 1. The van der Waals surface area contributed by atoms with Gasteiger partial charge in [-0.15, -0.1) is 0 Å². The van der Waals surface area contributed by atoms with E-state index >= 15 is 0 Å². The minimum absolute atomic E-state index is 0.440. The van der Waals surface area contributed by atoms with E-state index in [2.05, 4.69) is 41.1 Å². The molecule has 2 aromatic rings. The van der Waals surface area contributed by atoms with Gasteiger partial charge >= 0.3 is 0 Å². The lowest BCUT2D eigenvalue weighted by atomic mass is 10.0. The Morgan fingerprint density at radius 3 is 2.72 bits per heavy atom. The highest BCUT2D eigenvalue weighted by Crippen LogP contribution is 2.23. The van der Waals surface area contributed by atoms with Crippen LogP contribution in [0.25, 0.3) is 0 Å². The predicted octanol–water partition coefficient (Wildman–Crippen LogP) is 2.99. The SMILES string of the molecule is CNC(CCc1c(C)nn(C)c1C)c1ccsc1. The summed E-state index contributed by atoms with van der Waals surface area (Å²) in [7, 11) is 4.05. The van der Waals surface area contributed by atoms with Crippen LogP contribution in [0.3, 0.4) is 0 Å². The molecule has 3 nitrogen and oxygen atoms in total. The second-order valence-corrected chi connectivity index (χ2v) is 5.49. The van der Waals surface area contributed by atoms with Gasteiger partial charge in [-0.05, 0) is 61.7 Å². The van der Waals surface area contributed by atoms with Gasteiger partial charge in [0.2, 0.25) is 0 Å². The molecule has 1 N–H and O–H groups in total. The maximum atomic E-state index is 4.48. The van der Waals surface area contributed by atoms with E-state index in [9.17, 15) is 0 Å². The zero-order chi connectivity index (χ0) is 13.1. The average molecular weight is 263 g/mol. The van der Waals surface area contributed by atoms with Crippen LogP contribution in [0.2, 0.25) is 0 Å². The summed E-state index contributed by atoms with van der Waals surface area (Å²) in [6, 6.07) is 2.64. The number of rotatable bonds is 5. The Morgan fingerprint density at radius 1 is 1.44 bits per heavy atom. The third-order valence-electron chi connectivity index (χ3n) is 3.64. The predicted molar refractivity (Wildman–Crippen MR) is 77.1 cm³/mol. The Morgan fingerprint density at radius 2 is 2.22 bits per heavy atom. The molecule has 0 aliphatic carbocycles. The first-order chi connectivity index (χ1) is 8.63. The van der Waals surface area contributed by atoms with E-state index in [0.717, 1.165) is 18.5 Å². The van der Waals surface area contributed by atoms with Gasteiger partial charge in [-0.1, -0.05) is 0 Å². The van der Waals surface area contributed by atoms with Crippen molar-refractivity contribution in [3.63, 3.8) is 0 Å². The van der Waals surface area contributed by atoms with Gasteiger partial charge in [0, 0.05) is 18.8 Å². The highest BCUT2D eigenvalue weighted by molar-refractivity contribution is 7.07. The summed E-state index contributed by atoms with van der Waals surface area (Å²) >= 11 is 1.76. The number of nitrogens with one attached hydrogen (secondary N) is 1. The van der Waals surface area contributed by atoms with E-state index < -0.39 is 0 Å². The lowest BCUT2D eigenvalue weighted by Crippen LogP contribution is -2.16. The first kappa shape index (κ1) is 13.3. The molecule has 0 saturated heterocycles. The monoisotopic (exact) mass is 263 g/mol. The van der Waals surface area contributed by atoms with Gasteiger partial charge in [-0.3, -0.25) is 4.68 Å². The normalized spacial score (nSPS) is 12.9. The Bertz CT molecular complexity index is 499. The zero-order valence-corrected chi connectivity index (χ0v) is 12.3. The summed E-state index contributed by atoms with van der Waals surface area (Å²) < 4.78 is 1.98. The van der Waals surface area contributed by atoms with E-state index in [4.69, 9.17) is 0 Å². The Balaban J connectivity index is 2.06. The summed E-state index contributed by atoms with van der Waals surface area (Å²) in [5, 5.41) is 12.2. The lowest BCUT2D eigenvalue weighted by molar-refractivity contribution is 0.549. The minimum atomic E-state index is 0.440. The van der Waals surface area contributed by atoms with E-state index in [-0.39, 0.29) is 0 Å². The Kier molecular flexibility index (Phi) is 4.19. The van der Waals surface area contributed by atoms with Crippen molar-refractivity contribution < 1.29 is 0 Å². The number of hydrogen-bond acceptors (Lipinski definition) is 3. The number of nitrogens with zero attached hydrogens (tertiary/aromatic N) is 2. The fourth-order valence-electron chi connectivity index (χ4n) is 2.42. The van der Waals surface area contributed by atoms with Crippen molar-refractivity contribution in [2.24, 2.45) is 7.05 Å². The number of aryl methyl sites for hydroxylation is 2. The molecule has 0 saturated carbocycles. The van der Waals surface area contributed by atoms with E-state index in [1.54, 1.807) is 11.3 Å². The summed E-state index contributed by atoms with van der Waals surface area (Å²) in [6.07, 6.45) is 2.19. The van der Waals surface area contributed by atoms with E-state index in [1.807, 2.05) is 18.8 Å². The van der Waals surface area contributed by atoms with Crippen molar-refractivity contribution in [2.45, 2.75) is 32.7 Å². The summed E-state index contributed by atoms with van der Waals surface area (Å²) in [6.45, 7) is 4.25. The van der Waals surface area contributed by atoms with Crippen LogP contribution in [0.5, 0.6) is 0 Å². The Labute approximate surface area is 113 Å². The van der Waals surface area contributed by atoms with Crippen LogP contribution in [-0.2, 0) is 13.5 Å². The van der Waals surface area contributed by atoms with Crippen LogP contribution in [0.15, 0.2) is 16.8 Å². The first-order valence-electron chi connectivity index (χ1n) is 6.32. The van der Waals surface area contributed by atoms with Crippen molar-refractivity contribution in [1.82, 2.24) is 15.1 Å². The third-order valence-corrected chi connectivity index (χ3v) is 4.34. The second-order valence-electron chi connectivity index (χ2n) is 4.71. The number of hydrogen-bond donors (Lipinski definition) is 1.